The fourth-order valence-corrected chi connectivity index (χ4v) is 5.96. The van der Waals surface area contributed by atoms with E-state index in [9.17, 15) is 24.1 Å². The summed E-state index contributed by atoms with van der Waals surface area (Å²) in [5.41, 5.74) is -6.74. The van der Waals surface area contributed by atoms with E-state index in [-0.39, 0.29) is 13.0 Å². The molecule has 4 rings (SSSR count). The Balaban J connectivity index is 1.60. The predicted octanol–water partition coefficient (Wildman–Crippen LogP) is 2.83. The van der Waals surface area contributed by atoms with Gasteiger partial charge in [0, 0.05) is 30.1 Å². The van der Waals surface area contributed by atoms with Crippen molar-refractivity contribution in [1.29, 1.82) is 0 Å². The van der Waals surface area contributed by atoms with Crippen LogP contribution in [-0.4, -0.2) is 51.0 Å². The van der Waals surface area contributed by atoms with Crippen molar-refractivity contribution in [2.45, 2.75) is 56.4 Å². The predicted molar refractivity (Wildman–Crippen MR) is 124 cm³/mol. The van der Waals surface area contributed by atoms with Crippen LogP contribution >= 0.6 is 19.4 Å². The molecular weight excluding hydrogens is 522 g/mol. The Morgan fingerprint density at radius 3 is 2.81 bits per heavy atom. The quantitative estimate of drug-likeness (QED) is 0.500. The number of hydrogen-bond donors (Lipinski definition) is 2. The maximum absolute atomic E-state index is 16.1. The van der Waals surface area contributed by atoms with Crippen molar-refractivity contribution in [3.8, 4) is 0 Å². The largest absolute Gasteiger partial charge is 0.475 e. The van der Waals surface area contributed by atoms with E-state index in [1.165, 1.54) is 6.92 Å². The van der Waals surface area contributed by atoms with Crippen LogP contribution in [0, 0.1) is 0 Å². The van der Waals surface area contributed by atoms with Gasteiger partial charge < -0.3 is 9.84 Å². The molecule has 196 valence electrons. The number of Topliss-reactive ketones (excluding diaryl/α,β-unsaturated/α-hetero) is 1. The molecule has 11 nitrogen and oxygen atoms in total. The van der Waals surface area contributed by atoms with Crippen LogP contribution in [0.1, 0.15) is 44.6 Å². The maximum atomic E-state index is 16.1. The monoisotopic (exact) mass is 546 g/mol. The Morgan fingerprint density at radius 1 is 1.39 bits per heavy atom. The van der Waals surface area contributed by atoms with E-state index in [0.717, 1.165) is 19.2 Å². The number of hydrogen-bond acceptors (Lipinski definition) is 9. The fraction of sp³-hybridized carbons (Fsp3) is 0.500. The average molecular weight is 547 g/mol. The zero-order valence-corrected chi connectivity index (χ0v) is 21.0. The molecule has 2 aliphatic rings. The number of nitrogens with one attached hydrogen (secondary N) is 1. The van der Waals surface area contributed by atoms with Crippen LogP contribution in [0.4, 0.5) is 4.39 Å². The highest BCUT2D eigenvalue weighted by atomic mass is 35.5. The molecule has 2 aromatic rings. The van der Waals surface area contributed by atoms with Crippen molar-refractivity contribution >= 4 is 25.2 Å². The molecule has 3 heterocycles. The standard InChI is InChI=1S/C22H25ClFN2O9P/c1-3-16(27)22(30)17(34-19(21(22,2)24)26-9-7-18(28)25-20(26)29)12-33-36(31)32-10-8-15(35-36)13-5-4-6-14(23)11-13/h4-7,9,11,15,17,19,30H,3,8,10,12H2,1-2H3,(H,25,28,29)/t15-,17+,19+,21?,22+,36+/m0/s1. The van der Waals surface area contributed by atoms with Gasteiger partial charge >= 0.3 is 13.5 Å². The van der Waals surface area contributed by atoms with Crippen LogP contribution in [0.15, 0.2) is 46.1 Å². The molecule has 1 aromatic heterocycles. The van der Waals surface area contributed by atoms with E-state index in [4.69, 9.17) is 29.9 Å². The second-order valence-corrected chi connectivity index (χ2v) is 10.7. The summed E-state index contributed by atoms with van der Waals surface area (Å²) in [6.07, 6.45) is -3.13. The Kier molecular flexibility index (Phi) is 7.42. The van der Waals surface area contributed by atoms with Gasteiger partial charge in [0.05, 0.1) is 19.3 Å². The summed E-state index contributed by atoms with van der Waals surface area (Å²) in [7, 11) is -4.23. The van der Waals surface area contributed by atoms with Crippen molar-refractivity contribution in [1.82, 2.24) is 9.55 Å². The summed E-state index contributed by atoms with van der Waals surface area (Å²) in [4.78, 5) is 38.5. The van der Waals surface area contributed by atoms with Gasteiger partial charge in [-0.25, -0.2) is 13.8 Å². The van der Waals surface area contributed by atoms with Crippen molar-refractivity contribution < 1.29 is 37.2 Å². The third-order valence-corrected chi connectivity index (χ3v) is 8.02. The number of aliphatic hydroxyl groups is 1. The van der Waals surface area contributed by atoms with Crippen LogP contribution in [0.5, 0.6) is 0 Å². The van der Waals surface area contributed by atoms with Crippen LogP contribution < -0.4 is 11.2 Å². The Labute approximate surface area is 209 Å². The number of rotatable bonds is 7. The number of H-pyrrole nitrogens is 1. The molecule has 0 saturated carbocycles. The van der Waals surface area contributed by atoms with Gasteiger partial charge in [0.25, 0.3) is 5.56 Å². The summed E-state index contributed by atoms with van der Waals surface area (Å²) < 4.78 is 51.8. The minimum Gasteiger partial charge on any atom is -0.376 e. The Morgan fingerprint density at radius 2 is 2.14 bits per heavy atom. The SMILES string of the molecule is CCC(=O)[C@@]1(O)[C@@H](CO[P@@]2(=O)OCC[C@@H](c3cccc(Cl)c3)O2)O[C@@H](n2ccc(=O)[nH]c2=O)C1(C)F. The number of aromatic amines is 1. The molecule has 2 aliphatic heterocycles. The Hall–Kier alpha value is -2.18. The minimum atomic E-state index is -4.23. The van der Waals surface area contributed by atoms with Gasteiger partial charge in [-0.1, -0.05) is 30.7 Å². The van der Waals surface area contributed by atoms with E-state index in [0.29, 0.717) is 21.6 Å². The van der Waals surface area contributed by atoms with Gasteiger partial charge in [0.1, 0.15) is 6.10 Å². The molecule has 0 aliphatic carbocycles. The highest BCUT2D eigenvalue weighted by molar-refractivity contribution is 7.48. The molecule has 1 unspecified atom stereocenters. The zero-order chi connectivity index (χ0) is 26.3. The minimum absolute atomic E-state index is 0.00830. The number of nitrogens with zero attached hydrogens (tertiary/aromatic N) is 1. The van der Waals surface area contributed by atoms with Crippen molar-refractivity contribution in [2.24, 2.45) is 0 Å². The topological polar surface area (TPSA) is 146 Å². The molecule has 14 heteroatoms. The third kappa shape index (κ3) is 4.74. The number of phosphoric acid groups is 1. The molecule has 0 radical (unpaired) electrons. The second-order valence-electron chi connectivity index (χ2n) is 8.63. The fourth-order valence-electron chi connectivity index (χ4n) is 4.38. The number of ether oxygens (including phenoxy) is 1. The smallest absolute Gasteiger partial charge is 0.376 e. The molecule has 0 bridgehead atoms. The van der Waals surface area contributed by atoms with Gasteiger partial charge in [0.2, 0.25) is 0 Å². The van der Waals surface area contributed by atoms with Gasteiger partial charge in [-0.3, -0.25) is 32.7 Å². The number of benzene rings is 1. The number of aromatic nitrogens is 2. The summed E-state index contributed by atoms with van der Waals surface area (Å²) in [5, 5.41) is 11.7. The zero-order valence-electron chi connectivity index (χ0n) is 19.4. The second kappa shape index (κ2) is 9.94. The van der Waals surface area contributed by atoms with Gasteiger partial charge in [-0.2, -0.15) is 0 Å². The van der Waals surface area contributed by atoms with Crippen molar-refractivity contribution in [3.05, 3.63) is 68.0 Å². The molecule has 6 atom stereocenters. The molecule has 1 aromatic carbocycles. The van der Waals surface area contributed by atoms with Gasteiger partial charge in [0.15, 0.2) is 23.3 Å². The molecule has 0 amide bonds. The van der Waals surface area contributed by atoms with Gasteiger partial charge in [-0.15, -0.1) is 0 Å². The summed E-state index contributed by atoms with van der Waals surface area (Å²) in [5.74, 6) is -0.929. The summed E-state index contributed by atoms with van der Waals surface area (Å²) in [6.45, 7) is 1.55. The number of alkyl halides is 1. The van der Waals surface area contributed by atoms with Crippen molar-refractivity contribution in [2.75, 3.05) is 13.2 Å². The third-order valence-electron chi connectivity index (χ3n) is 6.31. The van der Waals surface area contributed by atoms with E-state index in [1.54, 1.807) is 24.3 Å². The molecule has 2 saturated heterocycles. The summed E-state index contributed by atoms with van der Waals surface area (Å²) >= 11 is 6.03. The first kappa shape index (κ1) is 26.9. The van der Waals surface area contributed by atoms with Crippen LogP contribution in [0.2, 0.25) is 5.02 Å². The molecular formula is C22H25ClFN2O9P. The van der Waals surface area contributed by atoms with Crippen molar-refractivity contribution in [3.63, 3.8) is 0 Å². The van der Waals surface area contributed by atoms with Crippen LogP contribution in [0.25, 0.3) is 0 Å². The van der Waals surface area contributed by atoms with Crippen LogP contribution in [0.3, 0.4) is 0 Å². The number of carbonyl (C=O) groups is 1. The maximum Gasteiger partial charge on any atom is 0.475 e. The van der Waals surface area contributed by atoms with Gasteiger partial charge in [-0.05, 0) is 24.6 Å². The Bertz CT molecular complexity index is 1310. The average Bonchev–Trinajstić information content (AvgIpc) is 3.03. The lowest BCUT2D eigenvalue weighted by atomic mass is 9.78. The molecule has 2 N–H and O–H groups in total. The summed E-state index contributed by atoms with van der Waals surface area (Å²) in [6, 6.07) is 7.70. The highest BCUT2D eigenvalue weighted by Crippen LogP contribution is 2.58. The van der Waals surface area contributed by atoms with E-state index in [2.05, 4.69) is 0 Å². The first-order valence-electron chi connectivity index (χ1n) is 11.2. The molecule has 36 heavy (non-hydrogen) atoms. The van der Waals surface area contributed by atoms with E-state index in [1.807, 2.05) is 4.98 Å². The highest BCUT2D eigenvalue weighted by Gasteiger charge is 2.69. The van der Waals surface area contributed by atoms with E-state index < -0.39 is 61.2 Å². The van der Waals surface area contributed by atoms with E-state index >= 15 is 4.39 Å². The van der Waals surface area contributed by atoms with Crippen LogP contribution in [-0.2, 0) is 27.7 Å². The number of ketones is 1. The molecule has 2 fully saturated rings. The number of halogens is 2. The molecule has 0 spiro atoms. The number of carbonyl (C=O) groups excluding carboxylic acids is 1. The number of phosphoric ester groups is 1. The lowest BCUT2D eigenvalue weighted by molar-refractivity contribution is -0.158. The lowest BCUT2D eigenvalue weighted by Crippen LogP contribution is -2.60. The lowest BCUT2D eigenvalue weighted by Gasteiger charge is -2.35. The first-order valence-corrected chi connectivity index (χ1v) is 13.0. The first-order chi connectivity index (χ1) is 16.9. The normalized spacial score (nSPS) is 34.5.